The molecule has 0 aliphatic heterocycles. The Morgan fingerprint density at radius 1 is 0.966 bits per heavy atom. The van der Waals surface area contributed by atoms with Crippen LogP contribution in [0.5, 0.6) is 0 Å². The van der Waals surface area contributed by atoms with E-state index in [1.807, 2.05) is 6.92 Å². The highest BCUT2D eigenvalue weighted by Crippen LogP contribution is 2.29. The molecule has 2 aromatic rings. The van der Waals surface area contributed by atoms with Gasteiger partial charge in [0.05, 0.1) is 12.0 Å². The normalized spacial score (nSPS) is 11.0. The van der Waals surface area contributed by atoms with Gasteiger partial charge in [0.15, 0.2) is 12.4 Å². The molecule has 2 aromatic carbocycles. The van der Waals surface area contributed by atoms with E-state index in [9.17, 15) is 27.6 Å². The maximum atomic E-state index is 12.5. The monoisotopic (exact) mass is 407 g/mol. The Kier molecular flexibility index (Phi) is 7.52. The van der Waals surface area contributed by atoms with Crippen molar-refractivity contribution < 1.29 is 32.3 Å². The molecule has 0 aromatic heterocycles. The molecule has 0 heterocycles. The van der Waals surface area contributed by atoms with E-state index in [1.54, 1.807) is 12.1 Å². The van der Waals surface area contributed by atoms with Gasteiger partial charge in [-0.1, -0.05) is 19.1 Å². The minimum Gasteiger partial charge on any atom is -0.457 e. The lowest BCUT2D eigenvalue weighted by atomic mass is 10.1. The second-order valence-electron chi connectivity index (χ2n) is 6.33. The van der Waals surface area contributed by atoms with Crippen molar-refractivity contribution >= 4 is 23.3 Å². The number of carbonyl (C=O) groups excluding carboxylic acids is 3. The van der Waals surface area contributed by atoms with Gasteiger partial charge in [-0.15, -0.1) is 0 Å². The molecule has 0 atom stereocenters. The van der Waals surface area contributed by atoms with Gasteiger partial charge in [-0.2, -0.15) is 13.2 Å². The lowest BCUT2D eigenvalue weighted by Gasteiger charge is -2.08. The number of rotatable bonds is 8. The van der Waals surface area contributed by atoms with Crippen LogP contribution in [0.1, 0.15) is 41.3 Å². The maximum Gasteiger partial charge on any atom is 0.416 e. The first-order valence-electron chi connectivity index (χ1n) is 8.94. The largest absolute Gasteiger partial charge is 0.457 e. The Balaban J connectivity index is 1.83. The van der Waals surface area contributed by atoms with Gasteiger partial charge in [-0.05, 0) is 48.4 Å². The topological polar surface area (TPSA) is 72.5 Å². The van der Waals surface area contributed by atoms with Gasteiger partial charge >= 0.3 is 12.1 Å². The number of amides is 1. The van der Waals surface area contributed by atoms with Crippen molar-refractivity contribution in [3.8, 4) is 0 Å². The molecule has 0 saturated carbocycles. The first-order chi connectivity index (χ1) is 13.7. The highest BCUT2D eigenvalue weighted by Gasteiger charge is 2.30. The van der Waals surface area contributed by atoms with E-state index in [-0.39, 0.29) is 12.3 Å². The minimum absolute atomic E-state index is 0.122. The molecule has 1 N–H and O–H groups in total. The number of carbonyl (C=O) groups is 3. The Morgan fingerprint density at radius 2 is 1.59 bits per heavy atom. The molecule has 0 spiro atoms. The van der Waals surface area contributed by atoms with Crippen molar-refractivity contribution in [2.75, 3.05) is 11.9 Å². The summed E-state index contributed by atoms with van der Waals surface area (Å²) in [7, 11) is 0. The first-order valence-corrected chi connectivity index (χ1v) is 8.94. The number of ether oxygens (including phenoxy) is 1. The van der Waals surface area contributed by atoms with Crippen molar-refractivity contribution in [3.63, 3.8) is 0 Å². The Labute approximate surface area is 165 Å². The van der Waals surface area contributed by atoms with Crippen LogP contribution in [0.25, 0.3) is 0 Å². The fourth-order valence-corrected chi connectivity index (χ4v) is 2.45. The van der Waals surface area contributed by atoms with Crippen molar-refractivity contribution in [3.05, 3.63) is 65.2 Å². The van der Waals surface area contributed by atoms with Gasteiger partial charge in [-0.25, -0.2) is 0 Å². The van der Waals surface area contributed by atoms with Gasteiger partial charge in [0.2, 0.25) is 5.91 Å². The number of hydrogen-bond donors (Lipinski definition) is 1. The fourth-order valence-electron chi connectivity index (χ4n) is 2.45. The molecule has 5 nitrogen and oxygen atoms in total. The molecule has 0 fully saturated rings. The molecule has 0 aliphatic carbocycles. The average molecular weight is 407 g/mol. The number of benzene rings is 2. The summed E-state index contributed by atoms with van der Waals surface area (Å²) in [5, 5.41) is 2.69. The zero-order valence-corrected chi connectivity index (χ0v) is 15.7. The summed E-state index contributed by atoms with van der Waals surface area (Å²) in [5.41, 5.74) is 0.405. The number of hydrogen-bond acceptors (Lipinski definition) is 4. The minimum atomic E-state index is -4.44. The maximum absolute atomic E-state index is 12.5. The summed E-state index contributed by atoms with van der Waals surface area (Å²) in [4.78, 5) is 35.5. The van der Waals surface area contributed by atoms with E-state index < -0.39 is 30.1 Å². The molecule has 0 bridgehead atoms. The smallest absolute Gasteiger partial charge is 0.416 e. The molecular formula is C21H20F3NO4. The molecule has 154 valence electrons. The van der Waals surface area contributed by atoms with E-state index in [2.05, 4.69) is 5.32 Å². The Hall–Kier alpha value is -3.16. The van der Waals surface area contributed by atoms with Crippen LogP contribution >= 0.6 is 0 Å². The van der Waals surface area contributed by atoms with E-state index in [0.29, 0.717) is 23.2 Å². The van der Waals surface area contributed by atoms with Crippen LogP contribution in [0.3, 0.4) is 0 Å². The molecule has 0 unspecified atom stereocenters. The average Bonchev–Trinajstić information content (AvgIpc) is 2.66. The zero-order chi connectivity index (χ0) is 21.4. The molecule has 8 heteroatoms. The van der Waals surface area contributed by atoms with Crippen LogP contribution in [-0.2, 0) is 26.9 Å². The molecular weight excluding hydrogens is 387 g/mol. The molecule has 29 heavy (non-hydrogen) atoms. The van der Waals surface area contributed by atoms with Crippen LogP contribution in [0.15, 0.2) is 48.5 Å². The van der Waals surface area contributed by atoms with Crippen LogP contribution in [0.2, 0.25) is 0 Å². The van der Waals surface area contributed by atoms with Gasteiger partial charge in [0.25, 0.3) is 0 Å². The number of nitrogens with one attached hydrogen (secondary N) is 1. The zero-order valence-electron chi connectivity index (χ0n) is 15.7. The lowest BCUT2D eigenvalue weighted by molar-refractivity contribution is -0.141. The Bertz CT molecular complexity index is 859. The highest BCUT2D eigenvalue weighted by atomic mass is 19.4. The summed E-state index contributed by atoms with van der Waals surface area (Å²) in [6.45, 7) is 1.40. The third kappa shape index (κ3) is 7.06. The predicted molar refractivity (Wildman–Crippen MR) is 100 cm³/mol. The summed E-state index contributed by atoms with van der Waals surface area (Å²) in [6, 6.07) is 10.3. The van der Waals surface area contributed by atoms with Crippen LogP contribution < -0.4 is 5.32 Å². The van der Waals surface area contributed by atoms with Gasteiger partial charge in [0.1, 0.15) is 0 Å². The summed E-state index contributed by atoms with van der Waals surface area (Å²) >= 11 is 0. The molecule has 0 aliphatic rings. The van der Waals surface area contributed by atoms with Gasteiger partial charge in [0, 0.05) is 17.7 Å². The van der Waals surface area contributed by atoms with Crippen LogP contribution in [0.4, 0.5) is 18.9 Å². The first kappa shape index (κ1) is 22.1. The summed E-state index contributed by atoms with van der Waals surface area (Å²) in [5.74, 6) is -1.28. The molecule has 1 amide bonds. The number of Topliss-reactive ketones (excluding diaryl/α,β-unsaturated/α-hetero) is 1. The highest BCUT2D eigenvalue weighted by molar-refractivity contribution is 5.98. The summed E-state index contributed by atoms with van der Waals surface area (Å²) < 4.78 is 42.5. The van der Waals surface area contributed by atoms with E-state index in [0.717, 1.165) is 18.6 Å². The van der Waals surface area contributed by atoms with Crippen molar-refractivity contribution in [2.45, 2.75) is 32.4 Å². The second kappa shape index (κ2) is 9.86. The molecule has 0 saturated heterocycles. The molecule has 0 radical (unpaired) electrons. The SMILES string of the molecule is CCCC(=O)Nc1ccc(C(=O)COC(=O)Cc2ccc(C(F)(F)F)cc2)cc1. The van der Waals surface area contributed by atoms with Crippen molar-refractivity contribution in [2.24, 2.45) is 0 Å². The van der Waals surface area contributed by atoms with Gasteiger partial charge < -0.3 is 10.1 Å². The van der Waals surface area contributed by atoms with E-state index in [4.69, 9.17) is 4.74 Å². The third-order valence-corrected chi connectivity index (χ3v) is 3.96. The van der Waals surface area contributed by atoms with Crippen LogP contribution in [0, 0.1) is 0 Å². The fraction of sp³-hybridized carbons (Fsp3) is 0.286. The Morgan fingerprint density at radius 3 is 2.14 bits per heavy atom. The van der Waals surface area contributed by atoms with Crippen molar-refractivity contribution in [1.29, 1.82) is 0 Å². The number of anilines is 1. The molecule has 2 rings (SSSR count). The number of ketones is 1. The lowest BCUT2D eigenvalue weighted by Crippen LogP contribution is -2.16. The number of halogens is 3. The number of esters is 1. The van der Waals surface area contributed by atoms with E-state index >= 15 is 0 Å². The standard InChI is InChI=1S/C21H20F3NO4/c1-2-3-19(27)25-17-10-6-15(7-11-17)18(26)13-29-20(28)12-14-4-8-16(9-5-14)21(22,23)24/h4-11H,2-3,12-13H2,1H3,(H,25,27). The quantitative estimate of drug-likeness (QED) is 0.520. The van der Waals surface area contributed by atoms with E-state index in [1.165, 1.54) is 24.3 Å². The summed E-state index contributed by atoms with van der Waals surface area (Å²) in [6.07, 6.45) is -3.57. The predicted octanol–water partition coefficient (Wildman–Crippen LogP) is 4.41. The number of alkyl halides is 3. The second-order valence-corrected chi connectivity index (χ2v) is 6.33. The van der Waals surface area contributed by atoms with Crippen molar-refractivity contribution in [1.82, 2.24) is 0 Å². The third-order valence-electron chi connectivity index (χ3n) is 3.96. The van der Waals surface area contributed by atoms with Crippen LogP contribution in [-0.4, -0.2) is 24.3 Å². The van der Waals surface area contributed by atoms with Gasteiger partial charge in [-0.3, -0.25) is 14.4 Å².